The molecule has 2 rings (SSSR count). The molecule has 0 aliphatic heterocycles. The molecule has 2 aromatic heterocycles. The van der Waals surface area contributed by atoms with Crippen LogP contribution in [0.15, 0.2) is 16.0 Å². The number of thiophene rings is 1. The Balaban J connectivity index is 2.24. The van der Waals surface area contributed by atoms with Gasteiger partial charge in [-0.1, -0.05) is 5.16 Å². The molecule has 0 saturated carbocycles. The lowest BCUT2D eigenvalue weighted by atomic mass is 10.3. The van der Waals surface area contributed by atoms with E-state index < -0.39 is 12.1 Å². The van der Waals surface area contributed by atoms with Crippen LogP contribution in [0, 0.1) is 0 Å². The van der Waals surface area contributed by atoms with E-state index in [1.165, 1.54) is 11.3 Å². The Morgan fingerprint density at radius 1 is 1.47 bits per heavy atom. The van der Waals surface area contributed by atoms with E-state index in [1.54, 1.807) is 18.5 Å². The number of rotatable bonds is 3. The number of alkyl halides is 3. The number of nitrogens with one attached hydrogen (secondary N) is 1. The molecule has 92 valence electrons. The van der Waals surface area contributed by atoms with E-state index in [4.69, 9.17) is 0 Å². The Hall–Kier alpha value is -1.41. The van der Waals surface area contributed by atoms with Crippen LogP contribution in [0.25, 0.3) is 11.4 Å². The van der Waals surface area contributed by atoms with Crippen molar-refractivity contribution in [3.8, 4) is 11.4 Å². The number of aromatic nitrogens is 2. The van der Waals surface area contributed by atoms with Crippen LogP contribution < -0.4 is 5.32 Å². The lowest BCUT2D eigenvalue weighted by Gasteiger charge is -1.95. The van der Waals surface area contributed by atoms with Crippen LogP contribution in [0.5, 0.6) is 0 Å². The Morgan fingerprint density at radius 2 is 2.24 bits per heavy atom. The van der Waals surface area contributed by atoms with Gasteiger partial charge in [0.1, 0.15) is 0 Å². The third-order valence-corrected chi connectivity index (χ3v) is 2.87. The fourth-order valence-corrected chi connectivity index (χ4v) is 2.10. The van der Waals surface area contributed by atoms with Crippen molar-refractivity contribution in [1.82, 2.24) is 15.5 Å². The standard InChI is InChI=1S/C9H8F3N3OS/c1-13-3-6-2-5(4-17-6)7-14-8(16-15-7)9(10,11)12/h2,4,13H,3H2,1H3. The summed E-state index contributed by atoms with van der Waals surface area (Å²) in [5, 5.41) is 7.94. The van der Waals surface area contributed by atoms with Gasteiger partial charge in [-0.2, -0.15) is 18.2 Å². The molecule has 8 heteroatoms. The molecule has 0 amide bonds. The van der Waals surface area contributed by atoms with Gasteiger partial charge < -0.3 is 9.84 Å². The number of nitrogens with zero attached hydrogens (tertiary/aromatic N) is 2. The molecule has 0 fully saturated rings. The van der Waals surface area contributed by atoms with Crippen LogP contribution in [0.2, 0.25) is 0 Å². The predicted molar refractivity (Wildman–Crippen MR) is 55.4 cm³/mol. The van der Waals surface area contributed by atoms with Crippen molar-refractivity contribution in [1.29, 1.82) is 0 Å². The van der Waals surface area contributed by atoms with E-state index in [9.17, 15) is 13.2 Å². The van der Waals surface area contributed by atoms with E-state index in [-0.39, 0.29) is 5.82 Å². The average Bonchev–Trinajstić information content (AvgIpc) is 2.82. The van der Waals surface area contributed by atoms with Gasteiger partial charge in [0.25, 0.3) is 0 Å². The fourth-order valence-electron chi connectivity index (χ4n) is 1.22. The van der Waals surface area contributed by atoms with Gasteiger partial charge in [0, 0.05) is 22.4 Å². The second kappa shape index (κ2) is 4.46. The molecule has 2 heterocycles. The van der Waals surface area contributed by atoms with E-state index in [1.807, 2.05) is 0 Å². The van der Waals surface area contributed by atoms with Crippen LogP contribution in [-0.2, 0) is 12.7 Å². The second-order valence-electron chi connectivity index (χ2n) is 3.25. The van der Waals surface area contributed by atoms with Crippen LogP contribution in [0.4, 0.5) is 13.2 Å². The summed E-state index contributed by atoms with van der Waals surface area (Å²) in [5.74, 6) is -1.37. The van der Waals surface area contributed by atoms with Gasteiger partial charge in [-0.05, 0) is 13.1 Å². The third-order valence-electron chi connectivity index (χ3n) is 1.93. The van der Waals surface area contributed by atoms with Crippen molar-refractivity contribution < 1.29 is 17.7 Å². The molecule has 0 aliphatic rings. The normalized spacial score (nSPS) is 12.0. The van der Waals surface area contributed by atoms with Gasteiger partial charge in [0.05, 0.1) is 0 Å². The maximum Gasteiger partial charge on any atom is 0.471 e. The summed E-state index contributed by atoms with van der Waals surface area (Å²) in [6.45, 7) is 0.647. The predicted octanol–water partition coefficient (Wildman–Crippen LogP) is 2.54. The monoisotopic (exact) mass is 263 g/mol. The van der Waals surface area contributed by atoms with Crippen LogP contribution in [0.3, 0.4) is 0 Å². The Kier molecular flexibility index (Phi) is 3.16. The zero-order valence-electron chi connectivity index (χ0n) is 8.71. The summed E-state index contributed by atoms with van der Waals surface area (Å²) >= 11 is 1.42. The smallest absolute Gasteiger partial charge is 0.329 e. The first-order valence-electron chi connectivity index (χ1n) is 4.64. The van der Waals surface area contributed by atoms with E-state index >= 15 is 0 Å². The summed E-state index contributed by atoms with van der Waals surface area (Å²) in [5.41, 5.74) is 0.527. The summed E-state index contributed by atoms with van der Waals surface area (Å²) in [6, 6.07) is 1.73. The molecule has 0 unspecified atom stereocenters. The highest BCUT2D eigenvalue weighted by molar-refractivity contribution is 7.10. The maximum absolute atomic E-state index is 12.2. The van der Waals surface area contributed by atoms with Gasteiger partial charge in [-0.25, -0.2) is 0 Å². The molecule has 17 heavy (non-hydrogen) atoms. The molecule has 0 aromatic carbocycles. The highest BCUT2D eigenvalue weighted by atomic mass is 32.1. The Labute approximate surface area is 98.5 Å². The number of hydrogen-bond donors (Lipinski definition) is 1. The second-order valence-corrected chi connectivity index (χ2v) is 4.25. The van der Waals surface area contributed by atoms with Gasteiger partial charge >= 0.3 is 12.1 Å². The summed E-state index contributed by atoms with van der Waals surface area (Å²) in [6.07, 6.45) is -4.60. The molecule has 0 bridgehead atoms. The van der Waals surface area contributed by atoms with Crippen molar-refractivity contribution in [3.63, 3.8) is 0 Å². The average molecular weight is 263 g/mol. The molecule has 0 radical (unpaired) electrons. The minimum Gasteiger partial charge on any atom is -0.329 e. The molecule has 4 nitrogen and oxygen atoms in total. The van der Waals surface area contributed by atoms with Crippen molar-refractivity contribution in [3.05, 3.63) is 22.2 Å². The first-order chi connectivity index (χ1) is 8.00. The number of hydrogen-bond acceptors (Lipinski definition) is 5. The SMILES string of the molecule is CNCc1cc(-c2noc(C(F)(F)F)n2)cs1. The fraction of sp³-hybridized carbons (Fsp3) is 0.333. The van der Waals surface area contributed by atoms with Crippen molar-refractivity contribution in [2.75, 3.05) is 7.05 Å². The third kappa shape index (κ3) is 2.64. The van der Waals surface area contributed by atoms with Gasteiger partial charge in [-0.15, -0.1) is 11.3 Å². The summed E-state index contributed by atoms with van der Waals surface area (Å²) in [7, 11) is 1.79. The van der Waals surface area contributed by atoms with E-state index in [2.05, 4.69) is 20.0 Å². The van der Waals surface area contributed by atoms with E-state index in [0.717, 1.165) is 4.88 Å². The maximum atomic E-state index is 12.2. The molecule has 0 spiro atoms. The minimum atomic E-state index is -4.60. The molecule has 2 aromatic rings. The van der Waals surface area contributed by atoms with E-state index in [0.29, 0.717) is 12.1 Å². The molecule has 0 atom stereocenters. The summed E-state index contributed by atoms with van der Waals surface area (Å²) < 4.78 is 40.9. The lowest BCUT2D eigenvalue weighted by molar-refractivity contribution is -0.159. The zero-order chi connectivity index (χ0) is 12.5. The Morgan fingerprint density at radius 3 is 2.82 bits per heavy atom. The first-order valence-corrected chi connectivity index (χ1v) is 5.52. The summed E-state index contributed by atoms with van der Waals surface area (Å²) in [4.78, 5) is 4.30. The number of halogens is 3. The highest BCUT2D eigenvalue weighted by Crippen LogP contribution is 2.30. The van der Waals surface area contributed by atoms with Crippen LogP contribution in [-0.4, -0.2) is 17.2 Å². The van der Waals surface area contributed by atoms with Crippen molar-refractivity contribution in [2.24, 2.45) is 0 Å². The van der Waals surface area contributed by atoms with Crippen molar-refractivity contribution in [2.45, 2.75) is 12.7 Å². The topological polar surface area (TPSA) is 51.0 Å². The quantitative estimate of drug-likeness (QED) is 0.924. The van der Waals surface area contributed by atoms with Gasteiger partial charge in [0.15, 0.2) is 0 Å². The molecular weight excluding hydrogens is 255 g/mol. The molecule has 1 N–H and O–H groups in total. The molecule has 0 saturated heterocycles. The first kappa shape index (κ1) is 12.1. The lowest BCUT2D eigenvalue weighted by Crippen LogP contribution is -2.04. The highest BCUT2D eigenvalue weighted by Gasteiger charge is 2.38. The van der Waals surface area contributed by atoms with Crippen LogP contribution >= 0.6 is 11.3 Å². The molecule has 0 aliphatic carbocycles. The van der Waals surface area contributed by atoms with Crippen molar-refractivity contribution >= 4 is 11.3 Å². The Bertz CT molecular complexity index is 506. The van der Waals surface area contributed by atoms with Crippen LogP contribution in [0.1, 0.15) is 10.8 Å². The zero-order valence-corrected chi connectivity index (χ0v) is 9.52. The van der Waals surface area contributed by atoms with Gasteiger partial charge in [0.2, 0.25) is 5.82 Å². The minimum absolute atomic E-state index is 0.0454. The van der Waals surface area contributed by atoms with Gasteiger partial charge in [-0.3, -0.25) is 0 Å². The molecular formula is C9H8F3N3OS. The largest absolute Gasteiger partial charge is 0.471 e.